The van der Waals surface area contributed by atoms with Crippen molar-refractivity contribution in [1.29, 1.82) is 0 Å². The molecule has 0 aliphatic rings. The van der Waals surface area contributed by atoms with E-state index in [1.54, 1.807) is 23.8 Å². The summed E-state index contributed by atoms with van der Waals surface area (Å²) >= 11 is 1.42. The highest BCUT2D eigenvalue weighted by Crippen LogP contribution is 2.40. The van der Waals surface area contributed by atoms with Crippen molar-refractivity contribution in [2.45, 2.75) is 13.3 Å². The number of carbonyl (C=O) groups excluding carboxylic acids is 1. The second kappa shape index (κ2) is 8.79. The number of thiazole rings is 1. The molecule has 0 saturated heterocycles. The van der Waals surface area contributed by atoms with E-state index in [9.17, 15) is 4.79 Å². The van der Waals surface area contributed by atoms with Crippen LogP contribution in [-0.2, 0) is 7.05 Å². The lowest BCUT2D eigenvalue weighted by Crippen LogP contribution is -2.34. The van der Waals surface area contributed by atoms with Crippen molar-refractivity contribution in [3.8, 4) is 11.5 Å². The van der Waals surface area contributed by atoms with Gasteiger partial charge in [0.1, 0.15) is 21.7 Å². The Morgan fingerprint density at radius 2 is 1.86 bits per heavy atom. The van der Waals surface area contributed by atoms with Crippen molar-refractivity contribution in [2.24, 2.45) is 7.05 Å². The van der Waals surface area contributed by atoms with E-state index < -0.39 is 0 Å². The summed E-state index contributed by atoms with van der Waals surface area (Å²) < 4.78 is 13.5. The number of hydrogen-bond donors (Lipinski definition) is 0. The van der Waals surface area contributed by atoms with Gasteiger partial charge in [0.2, 0.25) is 0 Å². The van der Waals surface area contributed by atoms with Gasteiger partial charge in [0.15, 0.2) is 10.8 Å². The number of amides is 1. The normalized spacial score (nSPS) is 11.3. The number of hydrogen-bond acceptors (Lipinski definition) is 7. The monoisotopic (exact) mass is 417 g/mol. The zero-order valence-electron chi connectivity index (χ0n) is 17.7. The summed E-state index contributed by atoms with van der Waals surface area (Å²) in [6.45, 7) is 3.29. The molecule has 2 aromatic heterocycles. The van der Waals surface area contributed by atoms with Gasteiger partial charge in [-0.25, -0.2) is 4.98 Å². The Hall–Kier alpha value is -2.65. The Morgan fingerprint density at radius 3 is 2.45 bits per heavy atom. The fourth-order valence-corrected chi connectivity index (χ4v) is 4.26. The van der Waals surface area contributed by atoms with Crippen LogP contribution in [0.1, 0.15) is 22.5 Å². The molecule has 8 nitrogen and oxygen atoms in total. The van der Waals surface area contributed by atoms with Crippen LogP contribution >= 0.6 is 11.3 Å². The molecule has 0 radical (unpaired) electrons. The van der Waals surface area contributed by atoms with Gasteiger partial charge in [-0.15, -0.1) is 0 Å². The van der Waals surface area contributed by atoms with Gasteiger partial charge in [-0.3, -0.25) is 14.4 Å². The van der Waals surface area contributed by atoms with Gasteiger partial charge in [0, 0.05) is 25.4 Å². The number of methoxy groups -OCH3 is 2. The minimum atomic E-state index is -0.154. The fourth-order valence-electron chi connectivity index (χ4n) is 3.17. The molecule has 29 heavy (non-hydrogen) atoms. The summed E-state index contributed by atoms with van der Waals surface area (Å²) in [5.41, 5.74) is 1.97. The zero-order valence-corrected chi connectivity index (χ0v) is 18.5. The van der Waals surface area contributed by atoms with Gasteiger partial charge in [0.25, 0.3) is 5.91 Å². The molecular weight excluding hydrogens is 390 g/mol. The summed E-state index contributed by atoms with van der Waals surface area (Å²) in [5.74, 6) is 1.20. The highest BCUT2D eigenvalue weighted by atomic mass is 32.1. The molecule has 0 spiro atoms. The average molecular weight is 418 g/mol. The van der Waals surface area contributed by atoms with E-state index in [1.807, 2.05) is 46.4 Å². The second-order valence-electron chi connectivity index (χ2n) is 7.09. The molecule has 156 valence electrons. The van der Waals surface area contributed by atoms with Crippen LogP contribution in [0.5, 0.6) is 11.5 Å². The van der Waals surface area contributed by atoms with Crippen LogP contribution in [0.25, 0.3) is 10.2 Å². The second-order valence-corrected chi connectivity index (χ2v) is 8.07. The van der Waals surface area contributed by atoms with Crippen LogP contribution < -0.4 is 14.4 Å². The number of aromatic nitrogens is 3. The third-order valence-corrected chi connectivity index (χ3v) is 5.67. The van der Waals surface area contributed by atoms with E-state index in [1.165, 1.54) is 11.3 Å². The number of anilines is 1. The summed E-state index contributed by atoms with van der Waals surface area (Å²) in [6.07, 6.45) is 2.66. The minimum Gasteiger partial charge on any atom is -0.495 e. The Bertz CT molecular complexity index is 970. The first-order valence-corrected chi connectivity index (χ1v) is 10.2. The van der Waals surface area contributed by atoms with Crippen LogP contribution in [0.15, 0.2) is 18.3 Å². The molecule has 0 atom stereocenters. The summed E-state index contributed by atoms with van der Waals surface area (Å²) in [7, 11) is 9.08. The van der Waals surface area contributed by atoms with E-state index in [4.69, 9.17) is 14.5 Å². The Morgan fingerprint density at radius 1 is 1.17 bits per heavy atom. The van der Waals surface area contributed by atoms with Crippen molar-refractivity contribution >= 4 is 32.6 Å². The number of fused-ring (bicyclic) bond motifs is 1. The molecule has 0 unspecified atom stereocenters. The molecule has 1 aromatic carbocycles. The number of nitrogens with zero attached hydrogens (tertiary/aromatic N) is 5. The number of aryl methyl sites for hydroxylation is 2. The number of benzene rings is 1. The molecule has 0 aliphatic heterocycles. The van der Waals surface area contributed by atoms with Crippen molar-refractivity contribution in [2.75, 3.05) is 46.3 Å². The molecule has 3 aromatic rings. The van der Waals surface area contributed by atoms with Crippen LogP contribution in [0.4, 0.5) is 5.13 Å². The highest BCUT2D eigenvalue weighted by molar-refractivity contribution is 7.22. The first kappa shape index (κ1) is 21.1. The van der Waals surface area contributed by atoms with E-state index >= 15 is 0 Å². The number of ether oxygens (including phenoxy) is 2. The fraction of sp³-hybridized carbons (Fsp3) is 0.450. The maximum Gasteiger partial charge on any atom is 0.280 e. The van der Waals surface area contributed by atoms with Crippen LogP contribution in [0.2, 0.25) is 0 Å². The summed E-state index contributed by atoms with van der Waals surface area (Å²) in [4.78, 5) is 21.9. The Kier molecular flexibility index (Phi) is 6.39. The van der Waals surface area contributed by atoms with Crippen molar-refractivity contribution in [3.63, 3.8) is 0 Å². The topological polar surface area (TPSA) is 72.7 Å². The number of carbonyl (C=O) groups is 1. The van der Waals surface area contributed by atoms with E-state index in [2.05, 4.69) is 10.00 Å². The lowest BCUT2D eigenvalue weighted by Gasteiger charge is -2.20. The quantitative estimate of drug-likeness (QED) is 0.561. The molecule has 0 bridgehead atoms. The van der Waals surface area contributed by atoms with E-state index in [-0.39, 0.29) is 5.91 Å². The molecule has 0 fully saturated rings. The Balaban J connectivity index is 2.05. The Labute approximate surface area is 174 Å². The molecule has 2 heterocycles. The highest BCUT2D eigenvalue weighted by Gasteiger charge is 2.26. The average Bonchev–Trinajstić information content (AvgIpc) is 3.26. The lowest BCUT2D eigenvalue weighted by molar-refractivity contribution is 0.0980. The van der Waals surface area contributed by atoms with Crippen LogP contribution in [0, 0.1) is 6.92 Å². The lowest BCUT2D eigenvalue weighted by atomic mass is 10.2. The van der Waals surface area contributed by atoms with Crippen molar-refractivity contribution in [3.05, 3.63) is 29.6 Å². The van der Waals surface area contributed by atoms with E-state index in [0.29, 0.717) is 34.4 Å². The first-order valence-electron chi connectivity index (χ1n) is 9.34. The van der Waals surface area contributed by atoms with E-state index in [0.717, 1.165) is 23.2 Å². The SMILES string of the molecule is COc1ccc(OC)c2sc(N(CCCN(C)C)C(=O)c3nn(C)cc3C)nc12. The van der Waals surface area contributed by atoms with Gasteiger partial charge in [-0.2, -0.15) is 5.10 Å². The van der Waals surface area contributed by atoms with Gasteiger partial charge >= 0.3 is 0 Å². The van der Waals surface area contributed by atoms with Crippen LogP contribution in [-0.4, -0.2) is 67.0 Å². The smallest absolute Gasteiger partial charge is 0.280 e. The van der Waals surface area contributed by atoms with Crippen molar-refractivity contribution in [1.82, 2.24) is 19.7 Å². The molecule has 9 heteroatoms. The zero-order chi connectivity index (χ0) is 21.1. The predicted molar refractivity (Wildman–Crippen MR) is 116 cm³/mol. The molecule has 3 rings (SSSR count). The van der Waals surface area contributed by atoms with Crippen molar-refractivity contribution < 1.29 is 14.3 Å². The molecule has 0 saturated carbocycles. The van der Waals surface area contributed by atoms with Gasteiger partial charge in [-0.1, -0.05) is 11.3 Å². The van der Waals surface area contributed by atoms with Crippen LogP contribution in [0.3, 0.4) is 0 Å². The van der Waals surface area contributed by atoms with Gasteiger partial charge < -0.3 is 14.4 Å². The maximum atomic E-state index is 13.4. The molecular formula is C20H27N5O3S. The predicted octanol–water partition coefficient (Wildman–Crippen LogP) is 2.95. The third-order valence-electron chi connectivity index (χ3n) is 4.58. The maximum absolute atomic E-state index is 13.4. The minimum absolute atomic E-state index is 0.154. The largest absolute Gasteiger partial charge is 0.495 e. The third kappa shape index (κ3) is 4.35. The molecule has 1 amide bonds. The molecule has 0 N–H and O–H groups in total. The van der Waals surface area contributed by atoms with Gasteiger partial charge in [0.05, 0.1) is 14.2 Å². The standard InChI is InChI=1S/C20H27N5O3S/c1-13-12-24(4)22-16(13)19(26)25(11-7-10-23(2)3)20-21-17-14(27-5)8-9-15(28-6)18(17)29-20/h8-9,12H,7,10-11H2,1-6H3. The molecule has 0 aliphatic carbocycles. The first-order chi connectivity index (χ1) is 13.8. The summed E-state index contributed by atoms with van der Waals surface area (Å²) in [6, 6.07) is 3.68. The van der Waals surface area contributed by atoms with Gasteiger partial charge in [-0.05, 0) is 46.1 Å². The number of rotatable bonds is 8. The summed E-state index contributed by atoms with van der Waals surface area (Å²) in [5, 5.41) is 4.97.